The van der Waals surface area contributed by atoms with Crippen molar-refractivity contribution in [1.29, 1.82) is 0 Å². The lowest BCUT2D eigenvalue weighted by atomic mass is 10.1. The molecule has 1 aliphatic rings. The number of hydrogen-bond donors (Lipinski definition) is 1. The molecule has 1 aromatic rings. The van der Waals surface area contributed by atoms with Gasteiger partial charge in [0.1, 0.15) is 0 Å². The van der Waals surface area contributed by atoms with Gasteiger partial charge in [0, 0.05) is 41.9 Å². The molecule has 3 nitrogen and oxygen atoms in total. The van der Waals surface area contributed by atoms with Gasteiger partial charge >= 0.3 is 0 Å². The van der Waals surface area contributed by atoms with Gasteiger partial charge in [0.2, 0.25) is 0 Å². The van der Waals surface area contributed by atoms with Crippen molar-refractivity contribution < 1.29 is 0 Å². The van der Waals surface area contributed by atoms with Gasteiger partial charge in [-0.3, -0.25) is 4.68 Å². The van der Waals surface area contributed by atoms with Crippen LogP contribution in [-0.2, 0) is 13.6 Å². The maximum Gasteiger partial charge on any atom is 0.0641 e. The van der Waals surface area contributed by atoms with Crippen molar-refractivity contribution in [1.82, 2.24) is 15.1 Å². The second-order valence-electron chi connectivity index (χ2n) is 4.73. The second kappa shape index (κ2) is 4.80. The van der Waals surface area contributed by atoms with Crippen LogP contribution >= 0.6 is 11.8 Å². The molecule has 90 valence electrons. The molecular weight excluding hydrogens is 218 g/mol. The number of nitrogens with one attached hydrogen (secondary N) is 1. The lowest BCUT2D eigenvalue weighted by Crippen LogP contribution is -2.28. The Morgan fingerprint density at radius 1 is 1.50 bits per heavy atom. The van der Waals surface area contributed by atoms with Crippen LogP contribution in [-0.4, -0.2) is 26.8 Å². The lowest BCUT2D eigenvalue weighted by molar-refractivity contribution is 0.536. The molecule has 1 N–H and O–H groups in total. The third kappa shape index (κ3) is 2.43. The van der Waals surface area contributed by atoms with Crippen LogP contribution in [0.15, 0.2) is 0 Å². The van der Waals surface area contributed by atoms with Crippen molar-refractivity contribution in [2.24, 2.45) is 7.05 Å². The SMILES string of the molecule is Cc1nn(C)c(C)c1CNC1CSC(C)C1. The van der Waals surface area contributed by atoms with Gasteiger partial charge in [0.15, 0.2) is 0 Å². The van der Waals surface area contributed by atoms with Crippen LogP contribution < -0.4 is 5.32 Å². The number of nitrogens with zero attached hydrogens (tertiary/aromatic N) is 2. The van der Waals surface area contributed by atoms with Crippen molar-refractivity contribution >= 4 is 11.8 Å². The molecule has 2 rings (SSSR count). The maximum atomic E-state index is 4.44. The topological polar surface area (TPSA) is 29.9 Å². The molecular formula is C12H21N3S. The fraction of sp³-hybridized carbons (Fsp3) is 0.750. The summed E-state index contributed by atoms with van der Waals surface area (Å²) in [6.07, 6.45) is 1.29. The lowest BCUT2D eigenvalue weighted by Gasteiger charge is -2.11. The third-order valence-corrected chi connectivity index (χ3v) is 4.78. The summed E-state index contributed by atoms with van der Waals surface area (Å²) in [7, 11) is 2.01. The number of rotatable bonds is 3. The zero-order valence-corrected chi connectivity index (χ0v) is 11.4. The van der Waals surface area contributed by atoms with Gasteiger partial charge in [-0.25, -0.2) is 0 Å². The zero-order valence-electron chi connectivity index (χ0n) is 10.6. The van der Waals surface area contributed by atoms with Crippen LogP contribution in [0.3, 0.4) is 0 Å². The minimum Gasteiger partial charge on any atom is -0.309 e. The van der Waals surface area contributed by atoms with Crippen LogP contribution in [0.25, 0.3) is 0 Å². The molecule has 0 spiro atoms. The Kier molecular flexibility index (Phi) is 3.60. The summed E-state index contributed by atoms with van der Waals surface area (Å²) < 4.78 is 1.97. The molecule has 2 unspecified atom stereocenters. The molecule has 4 heteroatoms. The summed E-state index contributed by atoms with van der Waals surface area (Å²) in [6.45, 7) is 7.51. The monoisotopic (exact) mass is 239 g/mol. The van der Waals surface area contributed by atoms with E-state index >= 15 is 0 Å². The van der Waals surface area contributed by atoms with Crippen molar-refractivity contribution in [2.75, 3.05) is 5.75 Å². The van der Waals surface area contributed by atoms with Crippen LogP contribution in [0, 0.1) is 13.8 Å². The average molecular weight is 239 g/mol. The summed E-state index contributed by atoms with van der Waals surface area (Å²) in [5, 5.41) is 8.90. The van der Waals surface area contributed by atoms with E-state index in [1.807, 2.05) is 11.7 Å². The maximum absolute atomic E-state index is 4.44. The van der Waals surface area contributed by atoms with Crippen molar-refractivity contribution in [3.05, 3.63) is 17.0 Å². The van der Waals surface area contributed by atoms with E-state index < -0.39 is 0 Å². The Labute approximate surface area is 102 Å². The van der Waals surface area contributed by atoms with Crippen LogP contribution in [0.2, 0.25) is 0 Å². The van der Waals surface area contributed by atoms with Crippen LogP contribution in [0.1, 0.15) is 30.3 Å². The van der Waals surface area contributed by atoms with E-state index in [1.165, 1.54) is 23.4 Å². The first-order valence-electron chi connectivity index (χ1n) is 5.92. The van der Waals surface area contributed by atoms with E-state index in [-0.39, 0.29) is 0 Å². The van der Waals surface area contributed by atoms with E-state index in [0.717, 1.165) is 17.5 Å². The molecule has 0 aliphatic carbocycles. The average Bonchev–Trinajstić information content (AvgIpc) is 2.72. The Bertz CT molecular complexity index is 373. The van der Waals surface area contributed by atoms with Gasteiger partial charge in [-0.2, -0.15) is 16.9 Å². The molecule has 1 aromatic heterocycles. The molecule has 0 radical (unpaired) electrons. The number of thioether (sulfide) groups is 1. The quantitative estimate of drug-likeness (QED) is 0.875. The molecule has 0 saturated carbocycles. The Morgan fingerprint density at radius 2 is 2.25 bits per heavy atom. The molecule has 0 bridgehead atoms. The van der Waals surface area contributed by atoms with Crippen molar-refractivity contribution in [3.8, 4) is 0 Å². The zero-order chi connectivity index (χ0) is 11.7. The first kappa shape index (κ1) is 12.0. The predicted octanol–water partition coefficient (Wildman–Crippen LogP) is 2.02. The summed E-state index contributed by atoms with van der Waals surface area (Å²) >= 11 is 2.07. The fourth-order valence-corrected chi connectivity index (χ4v) is 3.46. The third-order valence-electron chi connectivity index (χ3n) is 3.42. The highest BCUT2D eigenvalue weighted by molar-refractivity contribution is 8.00. The summed E-state index contributed by atoms with van der Waals surface area (Å²) in [5.41, 5.74) is 3.81. The van der Waals surface area contributed by atoms with Gasteiger partial charge in [0.05, 0.1) is 5.69 Å². The Morgan fingerprint density at radius 3 is 2.75 bits per heavy atom. The standard InChI is InChI=1S/C12H21N3S/c1-8-5-11(7-16-8)13-6-12-9(2)14-15(4)10(12)3/h8,11,13H,5-7H2,1-4H3. The molecule has 16 heavy (non-hydrogen) atoms. The van der Waals surface area contributed by atoms with E-state index in [0.29, 0.717) is 6.04 Å². The highest BCUT2D eigenvalue weighted by atomic mass is 32.2. The first-order chi connectivity index (χ1) is 7.58. The van der Waals surface area contributed by atoms with Crippen molar-refractivity contribution in [2.45, 2.75) is 45.0 Å². The highest BCUT2D eigenvalue weighted by Crippen LogP contribution is 2.26. The number of aryl methyl sites for hydroxylation is 2. The largest absolute Gasteiger partial charge is 0.309 e. The van der Waals surface area contributed by atoms with Gasteiger partial charge in [-0.05, 0) is 20.3 Å². The molecule has 1 saturated heterocycles. The van der Waals surface area contributed by atoms with Crippen molar-refractivity contribution in [3.63, 3.8) is 0 Å². The Hall–Kier alpha value is -0.480. The van der Waals surface area contributed by atoms with Gasteiger partial charge in [-0.1, -0.05) is 6.92 Å². The fourth-order valence-electron chi connectivity index (χ4n) is 2.28. The summed E-state index contributed by atoms with van der Waals surface area (Å²) in [6, 6.07) is 0.680. The molecule has 1 fully saturated rings. The van der Waals surface area contributed by atoms with Crippen LogP contribution in [0.4, 0.5) is 0 Å². The highest BCUT2D eigenvalue weighted by Gasteiger charge is 2.21. The summed E-state index contributed by atoms with van der Waals surface area (Å²) in [4.78, 5) is 0. The molecule has 2 atom stereocenters. The van der Waals surface area contributed by atoms with E-state index in [1.54, 1.807) is 0 Å². The van der Waals surface area contributed by atoms with Gasteiger partial charge in [0.25, 0.3) is 0 Å². The van der Waals surface area contributed by atoms with E-state index in [4.69, 9.17) is 0 Å². The Balaban J connectivity index is 1.94. The second-order valence-corrected chi connectivity index (χ2v) is 6.20. The molecule has 0 aromatic carbocycles. The first-order valence-corrected chi connectivity index (χ1v) is 6.97. The van der Waals surface area contributed by atoms with E-state index in [2.05, 4.69) is 42.9 Å². The normalized spacial score (nSPS) is 25.2. The molecule has 0 amide bonds. The molecule has 2 heterocycles. The van der Waals surface area contributed by atoms with Gasteiger partial charge in [-0.15, -0.1) is 0 Å². The molecule has 1 aliphatic heterocycles. The smallest absolute Gasteiger partial charge is 0.0641 e. The van der Waals surface area contributed by atoms with E-state index in [9.17, 15) is 0 Å². The minimum absolute atomic E-state index is 0.680. The van der Waals surface area contributed by atoms with Crippen LogP contribution in [0.5, 0.6) is 0 Å². The predicted molar refractivity (Wildman–Crippen MR) is 69.8 cm³/mol. The summed E-state index contributed by atoms with van der Waals surface area (Å²) in [5.74, 6) is 1.25. The number of hydrogen-bond acceptors (Lipinski definition) is 3. The minimum atomic E-state index is 0.680. The number of aromatic nitrogens is 2. The van der Waals surface area contributed by atoms with Gasteiger partial charge < -0.3 is 5.32 Å².